The smallest absolute Gasteiger partial charge is 0.241 e. The normalized spacial score (nSPS) is 16.7. The van der Waals surface area contributed by atoms with E-state index in [1.807, 2.05) is 4.90 Å². The Kier molecular flexibility index (Phi) is 3.81. The molecular weight excluding hydrogens is 233 g/mol. The van der Waals surface area contributed by atoms with Crippen LogP contribution in [0.5, 0.6) is 0 Å². The van der Waals surface area contributed by atoms with Gasteiger partial charge in [0.1, 0.15) is 5.82 Å². The third kappa shape index (κ3) is 2.79. The Hall–Kier alpha value is -1.62. The highest BCUT2D eigenvalue weighted by Gasteiger charge is 2.16. The average molecular weight is 251 g/mol. The first-order valence-corrected chi connectivity index (χ1v) is 6.19. The molecule has 1 aliphatic rings. The highest BCUT2D eigenvalue weighted by atomic mass is 19.1. The molecule has 98 valence electrons. The van der Waals surface area contributed by atoms with Crippen LogP contribution in [0.15, 0.2) is 18.2 Å². The lowest BCUT2D eigenvalue weighted by Gasteiger charge is -2.19. The molecule has 1 heterocycles. The highest BCUT2D eigenvalue weighted by molar-refractivity contribution is 5.94. The number of amides is 1. The van der Waals surface area contributed by atoms with Gasteiger partial charge in [0.25, 0.3) is 0 Å². The Labute approximate surface area is 106 Å². The summed E-state index contributed by atoms with van der Waals surface area (Å²) in [6, 6.07) is 4.15. The summed E-state index contributed by atoms with van der Waals surface area (Å²) < 4.78 is 13.9. The summed E-state index contributed by atoms with van der Waals surface area (Å²) in [6.45, 7) is 3.37. The molecule has 1 aromatic carbocycles. The molecule has 18 heavy (non-hydrogen) atoms. The maximum atomic E-state index is 13.9. The number of nitrogens with one attached hydrogen (secondary N) is 1. The maximum Gasteiger partial charge on any atom is 0.241 e. The van der Waals surface area contributed by atoms with Crippen LogP contribution in [-0.2, 0) is 4.79 Å². The van der Waals surface area contributed by atoms with Crippen molar-refractivity contribution in [3.63, 3.8) is 0 Å². The van der Waals surface area contributed by atoms with E-state index in [1.54, 1.807) is 19.1 Å². The molecule has 0 spiro atoms. The molecule has 0 radical (unpaired) electrons. The van der Waals surface area contributed by atoms with Crippen LogP contribution in [0.1, 0.15) is 19.8 Å². The molecule has 1 amide bonds. The number of hydrogen-bond acceptors (Lipinski definition) is 3. The van der Waals surface area contributed by atoms with Gasteiger partial charge in [-0.3, -0.25) is 4.79 Å². The molecule has 2 rings (SSSR count). The number of carbonyl (C=O) groups is 1. The van der Waals surface area contributed by atoms with Crippen molar-refractivity contribution < 1.29 is 9.18 Å². The SMILES string of the molecule is C[C@H](N)C(=O)Nc1ccc(N2CCCC2)c(F)c1. The molecule has 0 saturated carbocycles. The third-order valence-corrected chi connectivity index (χ3v) is 3.08. The summed E-state index contributed by atoms with van der Waals surface area (Å²) in [5.41, 5.74) is 6.48. The molecule has 0 bridgehead atoms. The van der Waals surface area contributed by atoms with Crippen molar-refractivity contribution in [2.75, 3.05) is 23.3 Å². The molecule has 1 fully saturated rings. The van der Waals surface area contributed by atoms with Crippen molar-refractivity contribution in [1.82, 2.24) is 0 Å². The predicted octanol–water partition coefficient (Wildman–Crippen LogP) is 1.71. The van der Waals surface area contributed by atoms with E-state index in [4.69, 9.17) is 5.73 Å². The third-order valence-electron chi connectivity index (χ3n) is 3.08. The van der Waals surface area contributed by atoms with Gasteiger partial charge in [-0.25, -0.2) is 4.39 Å². The minimum atomic E-state index is -0.605. The van der Waals surface area contributed by atoms with E-state index in [2.05, 4.69) is 5.32 Å². The van der Waals surface area contributed by atoms with Gasteiger partial charge in [0.15, 0.2) is 0 Å². The van der Waals surface area contributed by atoms with Gasteiger partial charge in [-0.15, -0.1) is 0 Å². The van der Waals surface area contributed by atoms with Crippen molar-refractivity contribution in [2.24, 2.45) is 5.73 Å². The lowest BCUT2D eigenvalue weighted by molar-refractivity contribution is -0.117. The van der Waals surface area contributed by atoms with Gasteiger partial charge in [-0.1, -0.05) is 0 Å². The number of nitrogens with zero attached hydrogens (tertiary/aromatic N) is 1. The fraction of sp³-hybridized carbons (Fsp3) is 0.462. The van der Waals surface area contributed by atoms with Gasteiger partial charge in [0.2, 0.25) is 5.91 Å². The van der Waals surface area contributed by atoms with E-state index in [9.17, 15) is 9.18 Å². The topological polar surface area (TPSA) is 58.4 Å². The summed E-state index contributed by atoms with van der Waals surface area (Å²) in [5.74, 6) is -0.623. The standard InChI is InChI=1S/C13H18FN3O/c1-9(15)13(18)16-10-4-5-12(11(14)8-10)17-6-2-3-7-17/h4-5,8-9H,2-3,6-7,15H2,1H3,(H,16,18)/t9-/m0/s1. The van der Waals surface area contributed by atoms with Crippen LogP contribution in [-0.4, -0.2) is 25.0 Å². The van der Waals surface area contributed by atoms with Crippen molar-refractivity contribution in [2.45, 2.75) is 25.8 Å². The molecule has 1 aliphatic heterocycles. The second-order valence-corrected chi connectivity index (χ2v) is 4.64. The van der Waals surface area contributed by atoms with E-state index in [0.717, 1.165) is 25.9 Å². The maximum absolute atomic E-state index is 13.9. The second kappa shape index (κ2) is 5.35. The monoisotopic (exact) mass is 251 g/mol. The van der Waals surface area contributed by atoms with E-state index in [-0.39, 0.29) is 11.7 Å². The molecule has 4 nitrogen and oxygen atoms in total. The quantitative estimate of drug-likeness (QED) is 0.859. The zero-order chi connectivity index (χ0) is 13.1. The molecule has 0 aliphatic carbocycles. The summed E-state index contributed by atoms with van der Waals surface area (Å²) >= 11 is 0. The summed E-state index contributed by atoms with van der Waals surface area (Å²) in [6.07, 6.45) is 2.20. The van der Waals surface area contributed by atoms with Gasteiger partial charge in [0.05, 0.1) is 11.7 Å². The fourth-order valence-electron chi connectivity index (χ4n) is 2.06. The molecule has 0 aromatic heterocycles. The Bertz CT molecular complexity index is 442. The van der Waals surface area contributed by atoms with E-state index < -0.39 is 6.04 Å². The number of anilines is 2. The van der Waals surface area contributed by atoms with Crippen molar-refractivity contribution >= 4 is 17.3 Å². The molecule has 1 saturated heterocycles. The van der Waals surface area contributed by atoms with Gasteiger partial charge in [-0.2, -0.15) is 0 Å². The zero-order valence-electron chi connectivity index (χ0n) is 10.4. The van der Waals surface area contributed by atoms with E-state index in [0.29, 0.717) is 11.4 Å². The van der Waals surface area contributed by atoms with Crippen molar-refractivity contribution in [1.29, 1.82) is 0 Å². The molecule has 3 N–H and O–H groups in total. The largest absolute Gasteiger partial charge is 0.369 e. The zero-order valence-corrected chi connectivity index (χ0v) is 10.4. The lowest BCUT2D eigenvalue weighted by Crippen LogP contribution is -2.32. The Morgan fingerprint density at radius 1 is 1.44 bits per heavy atom. The minimum absolute atomic E-state index is 0.306. The first-order chi connectivity index (χ1) is 8.58. The Morgan fingerprint density at radius 3 is 2.67 bits per heavy atom. The lowest BCUT2D eigenvalue weighted by atomic mass is 10.2. The minimum Gasteiger partial charge on any atom is -0.369 e. The number of rotatable bonds is 3. The Morgan fingerprint density at radius 2 is 2.11 bits per heavy atom. The predicted molar refractivity (Wildman–Crippen MR) is 70.1 cm³/mol. The molecule has 0 unspecified atom stereocenters. The fourth-order valence-corrected chi connectivity index (χ4v) is 2.06. The first-order valence-electron chi connectivity index (χ1n) is 6.19. The summed E-state index contributed by atoms with van der Waals surface area (Å²) in [5, 5.41) is 2.58. The summed E-state index contributed by atoms with van der Waals surface area (Å²) in [7, 11) is 0. The molecule has 5 heteroatoms. The van der Waals surface area contributed by atoms with Crippen LogP contribution in [0.4, 0.5) is 15.8 Å². The van der Waals surface area contributed by atoms with Crippen LogP contribution in [0, 0.1) is 5.82 Å². The van der Waals surface area contributed by atoms with Crippen LogP contribution in [0.3, 0.4) is 0 Å². The number of nitrogens with two attached hydrogens (primary N) is 1. The number of benzene rings is 1. The number of halogens is 1. The van der Waals surface area contributed by atoms with Crippen LogP contribution >= 0.6 is 0 Å². The van der Waals surface area contributed by atoms with Crippen LogP contribution in [0.25, 0.3) is 0 Å². The average Bonchev–Trinajstić information content (AvgIpc) is 2.82. The number of carbonyl (C=O) groups excluding carboxylic acids is 1. The summed E-state index contributed by atoms with van der Waals surface area (Å²) in [4.78, 5) is 13.4. The van der Waals surface area contributed by atoms with Gasteiger partial charge in [0, 0.05) is 18.8 Å². The molecule has 1 atom stereocenters. The molecular formula is C13H18FN3O. The number of hydrogen-bond donors (Lipinski definition) is 2. The van der Waals surface area contributed by atoms with Gasteiger partial charge >= 0.3 is 0 Å². The highest BCUT2D eigenvalue weighted by Crippen LogP contribution is 2.25. The van der Waals surface area contributed by atoms with Gasteiger partial charge in [-0.05, 0) is 38.0 Å². The van der Waals surface area contributed by atoms with Crippen LogP contribution in [0.2, 0.25) is 0 Å². The van der Waals surface area contributed by atoms with Gasteiger partial charge < -0.3 is 16.0 Å². The van der Waals surface area contributed by atoms with Crippen molar-refractivity contribution in [3.05, 3.63) is 24.0 Å². The second-order valence-electron chi connectivity index (χ2n) is 4.64. The van der Waals surface area contributed by atoms with Crippen LogP contribution < -0.4 is 16.0 Å². The van der Waals surface area contributed by atoms with E-state index in [1.165, 1.54) is 6.07 Å². The molecule has 1 aromatic rings. The van der Waals surface area contributed by atoms with Crippen molar-refractivity contribution in [3.8, 4) is 0 Å². The Balaban J connectivity index is 2.11. The first kappa shape index (κ1) is 12.8. The van der Waals surface area contributed by atoms with E-state index >= 15 is 0 Å².